The maximum atomic E-state index is 9.50. The number of aromatic amines is 1. The van der Waals surface area contributed by atoms with E-state index in [4.69, 9.17) is 0 Å². The molecular formula is C8H13NOS. The summed E-state index contributed by atoms with van der Waals surface area (Å²) in [6.07, 6.45) is 4.37. The SMILES string of the molecule is CSCCC(O)c1ccc[nH]1. The predicted molar refractivity (Wildman–Crippen MR) is 48.8 cm³/mol. The van der Waals surface area contributed by atoms with Crippen LogP contribution >= 0.6 is 11.8 Å². The fourth-order valence-electron chi connectivity index (χ4n) is 0.936. The highest BCUT2D eigenvalue weighted by Crippen LogP contribution is 2.15. The summed E-state index contributed by atoms with van der Waals surface area (Å²) in [5, 5.41) is 9.50. The van der Waals surface area contributed by atoms with Crippen molar-refractivity contribution >= 4 is 11.8 Å². The summed E-state index contributed by atoms with van der Waals surface area (Å²) in [5.74, 6) is 1.00. The van der Waals surface area contributed by atoms with Gasteiger partial charge in [0.25, 0.3) is 0 Å². The van der Waals surface area contributed by atoms with Crippen molar-refractivity contribution in [3.05, 3.63) is 24.0 Å². The summed E-state index contributed by atoms with van der Waals surface area (Å²) >= 11 is 1.75. The van der Waals surface area contributed by atoms with Gasteiger partial charge in [-0.3, -0.25) is 0 Å². The molecule has 0 aromatic carbocycles. The standard InChI is InChI=1S/C8H13NOS/c1-11-6-4-8(10)7-3-2-5-9-7/h2-3,5,8-10H,4,6H2,1H3. The number of nitrogens with one attached hydrogen (secondary N) is 1. The van der Waals surface area contributed by atoms with Crippen molar-refractivity contribution in [3.63, 3.8) is 0 Å². The molecular weight excluding hydrogens is 158 g/mol. The van der Waals surface area contributed by atoms with Gasteiger partial charge in [-0.05, 0) is 30.6 Å². The van der Waals surface area contributed by atoms with Crippen molar-refractivity contribution in [2.75, 3.05) is 12.0 Å². The quantitative estimate of drug-likeness (QED) is 0.724. The molecule has 1 atom stereocenters. The zero-order chi connectivity index (χ0) is 8.10. The van der Waals surface area contributed by atoms with Crippen LogP contribution in [-0.2, 0) is 0 Å². The zero-order valence-electron chi connectivity index (χ0n) is 6.58. The third kappa shape index (κ3) is 2.60. The highest BCUT2D eigenvalue weighted by molar-refractivity contribution is 7.98. The number of hydrogen-bond acceptors (Lipinski definition) is 2. The Morgan fingerprint density at radius 1 is 1.73 bits per heavy atom. The van der Waals surface area contributed by atoms with Gasteiger partial charge >= 0.3 is 0 Å². The summed E-state index contributed by atoms with van der Waals surface area (Å²) in [5.41, 5.74) is 0.916. The van der Waals surface area contributed by atoms with E-state index in [1.165, 1.54) is 0 Å². The summed E-state index contributed by atoms with van der Waals surface area (Å²) in [7, 11) is 0. The molecule has 1 aromatic heterocycles. The number of aliphatic hydroxyl groups is 1. The van der Waals surface area contributed by atoms with Gasteiger partial charge < -0.3 is 10.1 Å². The van der Waals surface area contributed by atoms with Crippen LogP contribution in [0.25, 0.3) is 0 Å². The van der Waals surface area contributed by atoms with E-state index in [-0.39, 0.29) is 6.10 Å². The van der Waals surface area contributed by atoms with Crippen molar-refractivity contribution in [2.45, 2.75) is 12.5 Å². The second-order valence-corrected chi connectivity index (χ2v) is 3.41. The van der Waals surface area contributed by atoms with Crippen LogP contribution in [0.3, 0.4) is 0 Å². The Bertz CT molecular complexity index is 186. The first-order valence-electron chi connectivity index (χ1n) is 3.65. The van der Waals surface area contributed by atoms with Gasteiger partial charge in [0.05, 0.1) is 6.10 Å². The van der Waals surface area contributed by atoms with Gasteiger partial charge in [0.15, 0.2) is 0 Å². The van der Waals surface area contributed by atoms with E-state index in [2.05, 4.69) is 4.98 Å². The predicted octanol–water partition coefficient (Wildman–Crippen LogP) is 1.80. The molecule has 1 heterocycles. The lowest BCUT2D eigenvalue weighted by Crippen LogP contribution is -1.98. The van der Waals surface area contributed by atoms with E-state index >= 15 is 0 Å². The minimum atomic E-state index is -0.322. The monoisotopic (exact) mass is 171 g/mol. The van der Waals surface area contributed by atoms with Gasteiger partial charge in [-0.2, -0.15) is 11.8 Å². The van der Waals surface area contributed by atoms with Crippen LogP contribution in [0.4, 0.5) is 0 Å². The molecule has 0 aliphatic heterocycles. The van der Waals surface area contributed by atoms with Crippen LogP contribution in [-0.4, -0.2) is 22.1 Å². The Morgan fingerprint density at radius 3 is 3.09 bits per heavy atom. The van der Waals surface area contributed by atoms with E-state index in [9.17, 15) is 5.11 Å². The molecule has 1 unspecified atom stereocenters. The fraction of sp³-hybridized carbons (Fsp3) is 0.500. The van der Waals surface area contributed by atoms with Gasteiger partial charge in [0.1, 0.15) is 0 Å². The molecule has 0 radical (unpaired) electrons. The second kappa shape index (κ2) is 4.46. The number of hydrogen-bond donors (Lipinski definition) is 2. The first-order valence-corrected chi connectivity index (χ1v) is 5.04. The molecule has 0 bridgehead atoms. The van der Waals surface area contributed by atoms with E-state index in [0.717, 1.165) is 17.9 Å². The topological polar surface area (TPSA) is 36.0 Å². The van der Waals surface area contributed by atoms with Gasteiger partial charge in [-0.25, -0.2) is 0 Å². The Balaban J connectivity index is 2.36. The fourth-order valence-corrected chi connectivity index (χ4v) is 1.40. The first-order chi connectivity index (χ1) is 5.34. The molecule has 0 fully saturated rings. The lowest BCUT2D eigenvalue weighted by molar-refractivity contribution is 0.171. The largest absolute Gasteiger partial charge is 0.387 e. The summed E-state index contributed by atoms with van der Waals surface area (Å²) in [6, 6.07) is 3.81. The minimum absolute atomic E-state index is 0.322. The molecule has 0 spiro atoms. The van der Waals surface area contributed by atoms with Crippen molar-refractivity contribution in [1.82, 2.24) is 4.98 Å². The zero-order valence-corrected chi connectivity index (χ0v) is 7.40. The number of thioether (sulfide) groups is 1. The van der Waals surface area contributed by atoms with E-state index in [0.29, 0.717) is 0 Å². The van der Waals surface area contributed by atoms with E-state index < -0.39 is 0 Å². The Labute approximate surface area is 71.0 Å². The molecule has 1 rings (SSSR count). The van der Waals surface area contributed by atoms with Crippen LogP contribution in [0.5, 0.6) is 0 Å². The molecule has 0 aliphatic carbocycles. The number of aromatic nitrogens is 1. The minimum Gasteiger partial charge on any atom is -0.387 e. The lowest BCUT2D eigenvalue weighted by atomic mass is 10.2. The van der Waals surface area contributed by atoms with Gasteiger partial charge in [0.2, 0.25) is 0 Å². The molecule has 2 N–H and O–H groups in total. The number of rotatable bonds is 4. The molecule has 0 amide bonds. The number of aliphatic hydroxyl groups excluding tert-OH is 1. The second-order valence-electron chi connectivity index (χ2n) is 2.42. The van der Waals surface area contributed by atoms with Gasteiger partial charge in [-0.15, -0.1) is 0 Å². The van der Waals surface area contributed by atoms with E-state index in [1.54, 1.807) is 11.8 Å². The van der Waals surface area contributed by atoms with E-state index in [1.807, 2.05) is 24.6 Å². The molecule has 1 aromatic rings. The molecule has 11 heavy (non-hydrogen) atoms. The van der Waals surface area contributed by atoms with Crippen LogP contribution in [0, 0.1) is 0 Å². The number of H-pyrrole nitrogens is 1. The van der Waals surface area contributed by atoms with Gasteiger partial charge in [0, 0.05) is 11.9 Å². The first kappa shape index (κ1) is 8.68. The third-order valence-corrected chi connectivity index (χ3v) is 2.22. The average molecular weight is 171 g/mol. The highest BCUT2D eigenvalue weighted by Gasteiger charge is 2.05. The van der Waals surface area contributed by atoms with Crippen LogP contribution < -0.4 is 0 Å². The van der Waals surface area contributed by atoms with Crippen molar-refractivity contribution in [3.8, 4) is 0 Å². The van der Waals surface area contributed by atoms with Gasteiger partial charge in [-0.1, -0.05) is 0 Å². The summed E-state index contributed by atoms with van der Waals surface area (Å²) in [4.78, 5) is 2.99. The average Bonchev–Trinajstić information content (AvgIpc) is 2.52. The molecule has 62 valence electrons. The maximum Gasteiger partial charge on any atom is 0.0945 e. The lowest BCUT2D eigenvalue weighted by Gasteiger charge is -2.06. The van der Waals surface area contributed by atoms with Crippen LogP contribution in [0.15, 0.2) is 18.3 Å². The molecule has 0 saturated heterocycles. The summed E-state index contributed by atoms with van der Waals surface area (Å²) < 4.78 is 0. The Morgan fingerprint density at radius 2 is 2.55 bits per heavy atom. The smallest absolute Gasteiger partial charge is 0.0945 e. The molecule has 0 saturated carbocycles. The van der Waals surface area contributed by atoms with Crippen molar-refractivity contribution < 1.29 is 5.11 Å². The highest BCUT2D eigenvalue weighted by atomic mass is 32.2. The van der Waals surface area contributed by atoms with Crippen molar-refractivity contribution in [2.24, 2.45) is 0 Å². The Hall–Kier alpha value is -0.410. The van der Waals surface area contributed by atoms with Crippen LogP contribution in [0.1, 0.15) is 18.2 Å². The van der Waals surface area contributed by atoms with Crippen LogP contribution in [0.2, 0.25) is 0 Å². The summed E-state index contributed by atoms with van der Waals surface area (Å²) in [6.45, 7) is 0. The Kier molecular flexibility index (Phi) is 3.52. The van der Waals surface area contributed by atoms with Crippen molar-refractivity contribution in [1.29, 1.82) is 0 Å². The maximum absolute atomic E-state index is 9.50. The normalized spacial score (nSPS) is 13.3. The molecule has 0 aliphatic rings. The molecule has 2 nitrogen and oxygen atoms in total. The third-order valence-electron chi connectivity index (χ3n) is 1.58. The molecule has 3 heteroatoms.